The molecule has 2 unspecified atom stereocenters. The lowest BCUT2D eigenvalue weighted by Gasteiger charge is -2.33. The van der Waals surface area contributed by atoms with Crippen LogP contribution in [0, 0.1) is 5.92 Å². The number of hydrogen-bond donors (Lipinski definition) is 0. The maximum atomic E-state index is 4.08. The molecular formula is C8H12BrN3S. The summed E-state index contributed by atoms with van der Waals surface area (Å²) in [7, 11) is 0. The van der Waals surface area contributed by atoms with Gasteiger partial charge in [-0.15, -0.1) is 10.2 Å². The molecule has 0 N–H and O–H groups in total. The predicted molar refractivity (Wildman–Crippen MR) is 58.6 cm³/mol. The number of halogens is 1. The van der Waals surface area contributed by atoms with Gasteiger partial charge in [0.2, 0.25) is 5.13 Å². The molecule has 3 nitrogen and oxygen atoms in total. The van der Waals surface area contributed by atoms with Gasteiger partial charge in [0.15, 0.2) is 0 Å². The van der Waals surface area contributed by atoms with Crippen LogP contribution in [-0.2, 0) is 0 Å². The van der Waals surface area contributed by atoms with Gasteiger partial charge < -0.3 is 4.90 Å². The lowest BCUT2D eigenvalue weighted by atomic mass is 10.0. The summed E-state index contributed by atoms with van der Waals surface area (Å²) in [5, 5.41) is 8.99. The molecule has 2 rings (SSSR count). The second-order valence-electron chi connectivity index (χ2n) is 3.56. The lowest BCUT2D eigenvalue weighted by molar-refractivity contribution is 0.458. The van der Waals surface area contributed by atoms with Crippen molar-refractivity contribution in [3.8, 4) is 0 Å². The van der Waals surface area contributed by atoms with Gasteiger partial charge >= 0.3 is 0 Å². The van der Waals surface area contributed by atoms with Crippen molar-refractivity contribution in [2.24, 2.45) is 5.92 Å². The normalized spacial score (nSPS) is 29.2. The zero-order chi connectivity index (χ0) is 9.26. The third kappa shape index (κ3) is 2.20. The number of alkyl halides is 1. The summed E-state index contributed by atoms with van der Waals surface area (Å²) < 4.78 is 0. The first-order valence-corrected chi connectivity index (χ1v) is 6.20. The molecule has 1 fully saturated rings. The molecule has 13 heavy (non-hydrogen) atoms. The minimum absolute atomic E-state index is 0.597. The van der Waals surface area contributed by atoms with Gasteiger partial charge in [0, 0.05) is 17.9 Å². The first-order chi connectivity index (χ1) is 6.25. The highest BCUT2D eigenvalue weighted by molar-refractivity contribution is 9.09. The van der Waals surface area contributed by atoms with Crippen LogP contribution in [0.4, 0.5) is 5.13 Å². The number of hydrogen-bond acceptors (Lipinski definition) is 4. The van der Waals surface area contributed by atoms with Gasteiger partial charge in [-0.3, -0.25) is 0 Å². The molecule has 2 atom stereocenters. The van der Waals surface area contributed by atoms with Crippen molar-refractivity contribution in [1.29, 1.82) is 0 Å². The highest BCUT2D eigenvalue weighted by Crippen LogP contribution is 2.26. The van der Waals surface area contributed by atoms with E-state index in [1.807, 2.05) is 0 Å². The Kier molecular flexibility index (Phi) is 2.83. The summed E-state index contributed by atoms with van der Waals surface area (Å²) in [6.07, 6.45) is 1.26. The van der Waals surface area contributed by atoms with E-state index in [1.54, 1.807) is 16.8 Å². The number of aromatic nitrogens is 2. The molecule has 0 bridgehead atoms. The highest BCUT2D eigenvalue weighted by atomic mass is 79.9. The Morgan fingerprint density at radius 1 is 1.62 bits per heavy atom. The number of piperidine rings is 1. The fourth-order valence-corrected chi connectivity index (χ4v) is 3.31. The topological polar surface area (TPSA) is 29.0 Å². The molecule has 0 aromatic carbocycles. The Balaban J connectivity index is 2.07. The van der Waals surface area contributed by atoms with E-state index in [4.69, 9.17) is 0 Å². The quantitative estimate of drug-likeness (QED) is 0.726. The minimum Gasteiger partial charge on any atom is -0.345 e. The highest BCUT2D eigenvalue weighted by Gasteiger charge is 2.24. The molecule has 0 spiro atoms. The number of nitrogens with zero attached hydrogens (tertiary/aromatic N) is 3. The molecule has 1 saturated heterocycles. The van der Waals surface area contributed by atoms with E-state index < -0.39 is 0 Å². The van der Waals surface area contributed by atoms with Gasteiger partial charge in [0.1, 0.15) is 5.51 Å². The SMILES string of the molecule is CC1CC(Br)CN(c2nncs2)C1. The zero-order valence-electron chi connectivity index (χ0n) is 7.48. The van der Waals surface area contributed by atoms with Crippen LogP contribution in [0.3, 0.4) is 0 Å². The third-order valence-corrected chi connectivity index (χ3v) is 3.64. The molecule has 1 aliphatic heterocycles. The van der Waals surface area contributed by atoms with Crippen LogP contribution in [0.1, 0.15) is 13.3 Å². The van der Waals surface area contributed by atoms with E-state index in [0.717, 1.165) is 24.1 Å². The van der Waals surface area contributed by atoms with Crippen LogP contribution in [0.25, 0.3) is 0 Å². The van der Waals surface area contributed by atoms with Gasteiger partial charge in [-0.1, -0.05) is 34.2 Å². The summed E-state index contributed by atoms with van der Waals surface area (Å²) in [5.41, 5.74) is 1.79. The summed E-state index contributed by atoms with van der Waals surface area (Å²) in [6.45, 7) is 4.44. The Hall–Kier alpha value is -0.160. The van der Waals surface area contributed by atoms with Gasteiger partial charge in [0.25, 0.3) is 0 Å². The Labute approximate surface area is 90.3 Å². The number of rotatable bonds is 1. The molecule has 0 aliphatic carbocycles. The van der Waals surface area contributed by atoms with E-state index in [2.05, 4.69) is 38.0 Å². The van der Waals surface area contributed by atoms with E-state index in [9.17, 15) is 0 Å². The second-order valence-corrected chi connectivity index (χ2v) is 5.67. The summed E-state index contributed by atoms with van der Waals surface area (Å²) >= 11 is 5.29. The maximum Gasteiger partial charge on any atom is 0.208 e. The Morgan fingerprint density at radius 2 is 2.46 bits per heavy atom. The molecule has 0 saturated carbocycles. The first-order valence-electron chi connectivity index (χ1n) is 4.41. The molecular weight excluding hydrogens is 250 g/mol. The summed E-state index contributed by atoms with van der Waals surface area (Å²) in [5.74, 6) is 0.738. The molecule has 0 amide bonds. The minimum atomic E-state index is 0.597. The number of anilines is 1. The molecule has 1 aromatic heterocycles. The van der Waals surface area contributed by atoms with Crippen molar-refractivity contribution >= 4 is 32.4 Å². The van der Waals surface area contributed by atoms with Crippen LogP contribution in [0.5, 0.6) is 0 Å². The van der Waals surface area contributed by atoms with Crippen molar-refractivity contribution in [1.82, 2.24) is 10.2 Å². The van der Waals surface area contributed by atoms with E-state index in [-0.39, 0.29) is 0 Å². The standard InChI is InChI=1S/C8H12BrN3S/c1-6-2-7(9)4-12(3-6)8-11-10-5-13-8/h5-7H,2-4H2,1H3. The van der Waals surface area contributed by atoms with Crippen LogP contribution in [0.2, 0.25) is 0 Å². The predicted octanol–water partition coefficient (Wildman–Crippen LogP) is 2.15. The molecule has 5 heteroatoms. The van der Waals surface area contributed by atoms with Crippen molar-refractivity contribution in [2.75, 3.05) is 18.0 Å². The van der Waals surface area contributed by atoms with Crippen molar-refractivity contribution in [2.45, 2.75) is 18.2 Å². The molecule has 2 heterocycles. The van der Waals surface area contributed by atoms with Gasteiger partial charge in [-0.2, -0.15) is 0 Å². The largest absolute Gasteiger partial charge is 0.345 e. The molecule has 1 aliphatic rings. The first kappa shape index (κ1) is 9.40. The van der Waals surface area contributed by atoms with Crippen LogP contribution in [-0.4, -0.2) is 28.1 Å². The molecule has 72 valence electrons. The van der Waals surface area contributed by atoms with E-state index in [0.29, 0.717) is 4.83 Å². The Bertz CT molecular complexity index is 254. The fourth-order valence-electron chi connectivity index (χ4n) is 1.74. The maximum absolute atomic E-state index is 4.08. The average molecular weight is 262 g/mol. The molecule has 0 radical (unpaired) electrons. The van der Waals surface area contributed by atoms with Crippen molar-refractivity contribution in [3.63, 3.8) is 0 Å². The van der Waals surface area contributed by atoms with Crippen LogP contribution < -0.4 is 4.90 Å². The molecule has 1 aromatic rings. The smallest absolute Gasteiger partial charge is 0.208 e. The van der Waals surface area contributed by atoms with Gasteiger partial charge in [-0.25, -0.2) is 0 Å². The van der Waals surface area contributed by atoms with E-state index >= 15 is 0 Å². The van der Waals surface area contributed by atoms with Gasteiger partial charge in [-0.05, 0) is 12.3 Å². The van der Waals surface area contributed by atoms with Crippen molar-refractivity contribution in [3.05, 3.63) is 5.51 Å². The van der Waals surface area contributed by atoms with Crippen LogP contribution in [0.15, 0.2) is 5.51 Å². The van der Waals surface area contributed by atoms with Crippen molar-refractivity contribution < 1.29 is 0 Å². The monoisotopic (exact) mass is 261 g/mol. The summed E-state index contributed by atoms with van der Waals surface area (Å²) in [4.78, 5) is 2.91. The Morgan fingerprint density at radius 3 is 3.08 bits per heavy atom. The lowest BCUT2D eigenvalue weighted by Crippen LogP contribution is -2.40. The van der Waals surface area contributed by atoms with Crippen LogP contribution >= 0.6 is 27.3 Å². The second kappa shape index (κ2) is 3.92. The van der Waals surface area contributed by atoms with E-state index in [1.165, 1.54) is 6.42 Å². The zero-order valence-corrected chi connectivity index (χ0v) is 9.88. The van der Waals surface area contributed by atoms with Gasteiger partial charge in [0.05, 0.1) is 0 Å². The average Bonchev–Trinajstić information content (AvgIpc) is 2.53. The third-order valence-electron chi connectivity index (χ3n) is 2.23. The summed E-state index contributed by atoms with van der Waals surface area (Å²) in [6, 6.07) is 0. The fraction of sp³-hybridized carbons (Fsp3) is 0.750.